The number of aromatic nitrogens is 2. The molecule has 1 atom stereocenters. The van der Waals surface area contributed by atoms with Gasteiger partial charge in [0.2, 0.25) is 0 Å². The summed E-state index contributed by atoms with van der Waals surface area (Å²) in [5.74, 6) is -1.07. The van der Waals surface area contributed by atoms with Crippen molar-refractivity contribution in [1.29, 1.82) is 0 Å². The van der Waals surface area contributed by atoms with Gasteiger partial charge in [-0.3, -0.25) is 0 Å². The molecule has 0 saturated carbocycles. The molecule has 0 aliphatic carbocycles. The summed E-state index contributed by atoms with van der Waals surface area (Å²) in [5, 5.41) is 5.32. The highest BCUT2D eigenvalue weighted by Gasteiger charge is 2.16. The quantitative estimate of drug-likeness (QED) is 0.852. The minimum Gasteiger partial charge on any atom is -0.319 e. The van der Waals surface area contributed by atoms with Crippen molar-refractivity contribution in [2.24, 2.45) is 5.73 Å². The number of rotatable bonds is 2. The van der Waals surface area contributed by atoms with E-state index >= 15 is 0 Å². The highest BCUT2D eigenvalue weighted by molar-refractivity contribution is 7.03. The van der Waals surface area contributed by atoms with Crippen LogP contribution in [0.5, 0.6) is 0 Å². The van der Waals surface area contributed by atoms with Crippen LogP contribution in [0.1, 0.15) is 17.3 Å². The molecule has 6 heteroatoms. The van der Waals surface area contributed by atoms with E-state index in [0.717, 1.165) is 29.7 Å². The minimum atomic E-state index is -0.778. The third kappa shape index (κ3) is 2.00. The largest absolute Gasteiger partial charge is 0.319 e. The van der Waals surface area contributed by atoms with Gasteiger partial charge in [-0.1, -0.05) is 4.49 Å². The van der Waals surface area contributed by atoms with Gasteiger partial charge in [0.05, 0.1) is 11.7 Å². The predicted octanol–water partition coefficient (Wildman–Crippen LogP) is 1.86. The third-order valence-corrected chi connectivity index (χ3v) is 2.51. The molecule has 3 nitrogen and oxygen atoms in total. The SMILES string of the molecule is NC(c1csnn1)c1cc(F)ccc1F. The number of hydrogen-bond acceptors (Lipinski definition) is 4. The highest BCUT2D eigenvalue weighted by atomic mass is 32.1. The Bertz CT molecular complexity index is 458. The lowest BCUT2D eigenvalue weighted by Gasteiger charge is -2.09. The van der Waals surface area contributed by atoms with Crippen LogP contribution in [0.25, 0.3) is 0 Å². The van der Waals surface area contributed by atoms with Crippen LogP contribution in [-0.4, -0.2) is 9.59 Å². The standard InChI is InChI=1S/C9H7F2N3S/c10-5-1-2-7(11)6(3-5)9(12)8-4-15-14-13-8/h1-4,9H,12H2. The Labute approximate surface area is 88.7 Å². The third-order valence-electron chi connectivity index (χ3n) is 1.99. The molecule has 0 fully saturated rings. The molecular weight excluding hydrogens is 220 g/mol. The van der Waals surface area contributed by atoms with Gasteiger partial charge in [-0.2, -0.15) is 0 Å². The van der Waals surface area contributed by atoms with Gasteiger partial charge in [0.1, 0.15) is 11.6 Å². The smallest absolute Gasteiger partial charge is 0.128 e. The van der Waals surface area contributed by atoms with E-state index in [4.69, 9.17) is 5.73 Å². The lowest BCUT2D eigenvalue weighted by atomic mass is 10.0. The van der Waals surface area contributed by atoms with E-state index < -0.39 is 17.7 Å². The Hall–Kier alpha value is -1.40. The van der Waals surface area contributed by atoms with Crippen LogP contribution in [0.3, 0.4) is 0 Å². The van der Waals surface area contributed by atoms with E-state index in [9.17, 15) is 8.78 Å². The van der Waals surface area contributed by atoms with E-state index in [0.29, 0.717) is 5.69 Å². The molecule has 0 amide bonds. The van der Waals surface area contributed by atoms with Crippen molar-refractivity contribution in [3.8, 4) is 0 Å². The fourth-order valence-corrected chi connectivity index (χ4v) is 1.71. The van der Waals surface area contributed by atoms with Crippen molar-refractivity contribution in [1.82, 2.24) is 9.59 Å². The van der Waals surface area contributed by atoms with Crippen LogP contribution in [0.15, 0.2) is 23.6 Å². The van der Waals surface area contributed by atoms with Gasteiger partial charge in [-0.25, -0.2) is 8.78 Å². The Balaban J connectivity index is 2.41. The summed E-state index contributed by atoms with van der Waals surface area (Å²) < 4.78 is 29.8. The first-order valence-corrected chi connectivity index (χ1v) is 4.99. The second kappa shape index (κ2) is 4.00. The maximum atomic E-state index is 13.3. The van der Waals surface area contributed by atoms with Crippen molar-refractivity contribution in [3.63, 3.8) is 0 Å². The van der Waals surface area contributed by atoms with Crippen molar-refractivity contribution in [3.05, 3.63) is 46.5 Å². The Morgan fingerprint density at radius 3 is 2.80 bits per heavy atom. The van der Waals surface area contributed by atoms with Crippen molar-refractivity contribution in [2.75, 3.05) is 0 Å². The summed E-state index contributed by atoms with van der Waals surface area (Å²) in [6, 6.07) is 2.38. The van der Waals surface area contributed by atoms with E-state index in [1.165, 1.54) is 0 Å². The maximum Gasteiger partial charge on any atom is 0.128 e. The molecule has 1 unspecified atom stereocenters. The van der Waals surface area contributed by atoms with Gasteiger partial charge in [0.25, 0.3) is 0 Å². The lowest BCUT2D eigenvalue weighted by Crippen LogP contribution is -2.14. The molecule has 2 aromatic rings. The molecule has 1 aromatic heterocycles. The fourth-order valence-electron chi connectivity index (χ4n) is 1.22. The first-order valence-electron chi connectivity index (χ1n) is 4.16. The normalized spacial score (nSPS) is 12.7. The molecule has 1 heterocycles. The van der Waals surface area contributed by atoms with Crippen LogP contribution in [-0.2, 0) is 0 Å². The number of benzene rings is 1. The summed E-state index contributed by atoms with van der Waals surface area (Å²) >= 11 is 1.12. The Morgan fingerprint density at radius 2 is 2.13 bits per heavy atom. The number of nitrogens with zero attached hydrogens (tertiary/aromatic N) is 2. The first-order chi connectivity index (χ1) is 7.18. The molecule has 0 aliphatic rings. The summed E-state index contributed by atoms with van der Waals surface area (Å²) in [7, 11) is 0. The van der Waals surface area contributed by atoms with E-state index in [1.807, 2.05) is 0 Å². The second-order valence-corrected chi connectivity index (χ2v) is 3.58. The Morgan fingerprint density at radius 1 is 1.33 bits per heavy atom. The van der Waals surface area contributed by atoms with Gasteiger partial charge < -0.3 is 5.73 Å². The molecule has 2 N–H and O–H groups in total. The zero-order valence-electron chi connectivity index (χ0n) is 7.52. The maximum absolute atomic E-state index is 13.3. The summed E-state index contributed by atoms with van der Waals surface area (Å²) in [6.07, 6.45) is 0. The average Bonchev–Trinajstić information content (AvgIpc) is 2.74. The van der Waals surface area contributed by atoms with Crippen molar-refractivity contribution in [2.45, 2.75) is 6.04 Å². The van der Waals surface area contributed by atoms with Crippen LogP contribution in [0.2, 0.25) is 0 Å². The summed E-state index contributed by atoms with van der Waals surface area (Å²) in [6.45, 7) is 0. The zero-order valence-corrected chi connectivity index (χ0v) is 8.34. The number of nitrogens with two attached hydrogens (primary N) is 1. The summed E-state index contributed by atoms with van der Waals surface area (Å²) in [5.41, 5.74) is 6.25. The van der Waals surface area contributed by atoms with Gasteiger partial charge in [-0.05, 0) is 29.7 Å². The Kier molecular flexibility index (Phi) is 2.70. The molecule has 0 spiro atoms. The van der Waals surface area contributed by atoms with Gasteiger partial charge >= 0.3 is 0 Å². The van der Waals surface area contributed by atoms with Crippen molar-refractivity contribution >= 4 is 11.5 Å². The molecule has 0 bridgehead atoms. The van der Waals surface area contributed by atoms with E-state index in [1.54, 1.807) is 5.38 Å². The molecule has 78 valence electrons. The monoisotopic (exact) mass is 227 g/mol. The van der Waals surface area contributed by atoms with Gasteiger partial charge in [-0.15, -0.1) is 5.10 Å². The van der Waals surface area contributed by atoms with E-state index in [-0.39, 0.29) is 5.56 Å². The fraction of sp³-hybridized carbons (Fsp3) is 0.111. The van der Waals surface area contributed by atoms with Gasteiger partial charge in [0.15, 0.2) is 0 Å². The molecule has 15 heavy (non-hydrogen) atoms. The number of halogens is 2. The topological polar surface area (TPSA) is 51.8 Å². The van der Waals surface area contributed by atoms with Gasteiger partial charge in [0, 0.05) is 10.9 Å². The lowest BCUT2D eigenvalue weighted by molar-refractivity contribution is 0.574. The number of hydrogen-bond donors (Lipinski definition) is 1. The van der Waals surface area contributed by atoms with Crippen LogP contribution in [0, 0.1) is 11.6 Å². The highest BCUT2D eigenvalue weighted by Crippen LogP contribution is 2.21. The predicted molar refractivity (Wildman–Crippen MR) is 52.3 cm³/mol. The van der Waals surface area contributed by atoms with Crippen molar-refractivity contribution < 1.29 is 8.78 Å². The molecular formula is C9H7F2N3S. The second-order valence-electron chi connectivity index (χ2n) is 2.97. The zero-order chi connectivity index (χ0) is 10.8. The molecule has 0 saturated heterocycles. The molecule has 1 aromatic carbocycles. The first kappa shape index (κ1) is 10.1. The summed E-state index contributed by atoms with van der Waals surface area (Å²) in [4.78, 5) is 0. The van der Waals surface area contributed by atoms with Crippen LogP contribution < -0.4 is 5.73 Å². The van der Waals surface area contributed by atoms with Crippen LogP contribution in [0.4, 0.5) is 8.78 Å². The molecule has 0 aliphatic heterocycles. The molecule has 0 radical (unpaired) electrons. The minimum absolute atomic E-state index is 0.0858. The van der Waals surface area contributed by atoms with E-state index in [2.05, 4.69) is 9.59 Å². The average molecular weight is 227 g/mol. The van der Waals surface area contributed by atoms with Crippen LogP contribution >= 0.6 is 11.5 Å². The molecule has 2 rings (SSSR count).